The van der Waals surface area contributed by atoms with E-state index in [1.165, 1.54) is 0 Å². The fraction of sp³-hybridized carbons (Fsp3) is 0.125. The maximum atomic E-state index is 5.96. The van der Waals surface area contributed by atoms with Crippen molar-refractivity contribution in [3.8, 4) is 17.1 Å². The molecule has 2 aromatic carbocycles. The van der Waals surface area contributed by atoms with Crippen LogP contribution in [0.1, 0.15) is 10.9 Å². The van der Waals surface area contributed by atoms with E-state index >= 15 is 0 Å². The van der Waals surface area contributed by atoms with E-state index in [9.17, 15) is 0 Å². The molecule has 7 heteroatoms. The lowest BCUT2D eigenvalue weighted by Gasteiger charge is -2.13. The molecule has 0 aliphatic carbocycles. The monoisotopic (exact) mass is 344 g/mol. The van der Waals surface area contributed by atoms with Crippen LogP contribution in [0.15, 0.2) is 53.7 Å². The van der Waals surface area contributed by atoms with Crippen molar-refractivity contribution in [3.05, 3.63) is 59.1 Å². The Morgan fingerprint density at radius 1 is 1.13 bits per heavy atom. The van der Waals surface area contributed by atoms with Crippen molar-refractivity contribution in [1.82, 2.24) is 14.9 Å². The molecule has 2 heterocycles. The highest BCUT2D eigenvalue weighted by Crippen LogP contribution is 2.41. The van der Waals surface area contributed by atoms with E-state index in [0.717, 1.165) is 32.9 Å². The average Bonchev–Trinajstić information content (AvgIpc) is 3.16. The molecule has 5 nitrogen and oxygen atoms in total. The van der Waals surface area contributed by atoms with Crippen LogP contribution in [0.4, 0.5) is 0 Å². The number of aromatic nitrogens is 3. The molecule has 0 amide bonds. The molecule has 0 saturated carbocycles. The number of ether oxygens (including phenoxy) is 1. The standard InChI is InChI=1S/C16H13ClN4OS/c1-22-13-5-3-2-4-12(13)14-18-19-16-21(14)20-15(23-16)10-6-8-11(17)9-7-10/h2-9,15,20H,1H3. The van der Waals surface area contributed by atoms with Crippen molar-refractivity contribution in [2.75, 3.05) is 12.5 Å². The highest BCUT2D eigenvalue weighted by Gasteiger charge is 2.28. The fourth-order valence-corrected chi connectivity index (χ4v) is 3.62. The second-order valence-corrected chi connectivity index (χ2v) is 6.53. The Morgan fingerprint density at radius 2 is 1.91 bits per heavy atom. The molecule has 1 aromatic heterocycles. The number of methoxy groups -OCH3 is 1. The molecule has 1 unspecified atom stereocenters. The number of halogens is 1. The van der Waals surface area contributed by atoms with Gasteiger partial charge in [-0.1, -0.05) is 47.6 Å². The largest absolute Gasteiger partial charge is 0.496 e. The Labute approximate surface area is 142 Å². The van der Waals surface area contributed by atoms with Crippen molar-refractivity contribution >= 4 is 23.4 Å². The lowest BCUT2D eigenvalue weighted by Crippen LogP contribution is -2.14. The van der Waals surface area contributed by atoms with Gasteiger partial charge in [-0.25, -0.2) is 4.68 Å². The van der Waals surface area contributed by atoms with Gasteiger partial charge in [-0.2, -0.15) is 0 Å². The van der Waals surface area contributed by atoms with Crippen molar-refractivity contribution < 1.29 is 4.74 Å². The number of fused-ring (bicyclic) bond motifs is 1. The second-order valence-electron chi connectivity index (χ2n) is 5.02. The Balaban J connectivity index is 1.68. The van der Waals surface area contributed by atoms with E-state index in [4.69, 9.17) is 16.3 Å². The molecule has 0 bridgehead atoms. The summed E-state index contributed by atoms with van der Waals surface area (Å²) in [5.74, 6) is 1.51. The maximum absolute atomic E-state index is 5.96. The molecule has 1 aliphatic heterocycles. The van der Waals surface area contributed by atoms with Crippen LogP contribution < -0.4 is 10.2 Å². The van der Waals surface area contributed by atoms with E-state index < -0.39 is 0 Å². The zero-order valence-electron chi connectivity index (χ0n) is 12.2. The average molecular weight is 345 g/mol. The SMILES string of the molecule is COc1ccccc1-c1nnc2n1NC(c1ccc(Cl)cc1)S2. The Bertz CT molecular complexity index is 850. The number of nitrogens with one attached hydrogen (secondary N) is 1. The molecule has 3 aromatic rings. The minimum absolute atomic E-state index is 0.0752. The molecule has 23 heavy (non-hydrogen) atoms. The van der Waals surface area contributed by atoms with Crippen molar-refractivity contribution in [2.24, 2.45) is 0 Å². The predicted octanol–water partition coefficient (Wildman–Crippen LogP) is 3.96. The van der Waals surface area contributed by atoms with E-state index in [1.54, 1.807) is 18.9 Å². The molecule has 116 valence electrons. The number of hydrogen-bond acceptors (Lipinski definition) is 5. The van der Waals surface area contributed by atoms with Crippen LogP contribution >= 0.6 is 23.4 Å². The lowest BCUT2D eigenvalue weighted by atomic mass is 10.2. The number of thioether (sulfide) groups is 1. The van der Waals surface area contributed by atoms with Gasteiger partial charge in [0.2, 0.25) is 5.16 Å². The van der Waals surface area contributed by atoms with Crippen LogP contribution in [-0.2, 0) is 0 Å². The summed E-state index contributed by atoms with van der Waals surface area (Å²) in [5, 5.41) is 10.2. The van der Waals surface area contributed by atoms with Gasteiger partial charge in [0.25, 0.3) is 0 Å². The van der Waals surface area contributed by atoms with Gasteiger partial charge in [0.05, 0.1) is 12.7 Å². The van der Waals surface area contributed by atoms with Gasteiger partial charge in [0.15, 0.2) is 5.82 Å². The summed E-state index contributed by atoms with van der Waals surface area (Å²) in [6.45, 7) is 0. The summed E-state index contributed by atoms with van der Waals surface area (Å²) >= 11 is 7.57. The summed E-state index contributed by atoms with van der Waals surface area (Å²) < 4.78 is 7.33. The molecular formula is C16H13ClN4OS. The van der Waals surface area contributed by atoms with Crippen molar-refractivity contribution in [2.45, 2.75) is 10.5 Å². The van der Waals surface area contributed by atoms with E-state index in [0.29, 0.717) is 0 Å². The summed E-state index contributed by atoms with van der Waals surface area (Å²) in [6.07, 6.45) is 0. The van der Waals surface area contributed by atoms with E-state index in [2.05, 4.69) is 15.6 Å². The third-order valence-corrected chi connectivity index (χ3v) is 4.96. The maximum Gasteiger partial charge on any atom is 0.212 e. The molecule has 0 spiro atoms. The molecule has 0 fully saturated rings. The molecular weight excluding hydrogens is 332 g/mol. The number of hydrogen-bond donors (Lipinski definition) is 1. The highest BCUT2D eigenvalue weighted by molar-refractivity contribution is 7.99. The topological polar surface area (TPSA) is 52.0 Å². The third-order valence-electron chi connectivity index (χ3n) is 3.62. The zero-order chi connectivity index (χ0) is 15.8. The minimum atomic E-state index is 0.0752. The number of nitrogens with zero attached hydrogens (tertiary/aromatic N) is 3. The highest BCUT2D eigenvalue weighted by atomic mass is 35.5. The summed E-state index contributed by atoms with van der Waals surface area (Å²) in [5.41, 5.74) is 5.46. The molecule has 0 radical (unpaired) electrons. The molecule has 0 saturated heterocycles. The first-order chi connectivity index (χ1) is 11.3. The normalized spacial score (nSPS) is 16.0. The Hall–Kier alpha value is -2.18. The fourth-order valence-electron chi connectivity index (χ4n) is 2.50. The summed E-state index contributed by atoms with van der Waals surface area (Å²) in [6, 6.07) is 15.6. The summed E-state index contributed by atoms with van der Waals surface area (Å²) in [4.78, 5) is 0. The van der Waals surface area contributed by atoms with Gasteiger partial charge in [0, 0.05) is 5.02 Å². The molecule has 1 N–H and O–H groups in total. The minimum Gasteiger partial charge on any atom is -0.496 e. The van der Waals surface area contributed by atoms with Gasteiger partial charge in [-0.05, 0) is 29.8 Å². The lowest BCUT2D eigenvalue weighted by molar-refractivity contribution is 0.416. The van der Waals surface area contributed by atoms with Crippen LogP contribution in [0.5, 0.6) is 5.75 Å². The van der Waals surface area contributed by atoms with Gasteiger partial charge in [-0.3, -0.25) is 0 Å². The number of benzene rings is 2. The number of para-hydroxylation sites is 1. The van der Waals surface area contributed by atoms with Crippen LogP contribution in [-0.4, -0.2) is 22.0 Å². The van der Waals surface area contributed by atoms with E-state index in [-0.39, 0.29) is 5.37 Å². The second kappa shape index (κ2) is 5.79. The van der Waals surface area contributed by atoms with Gasteiger partial charge >= 0.3 is 0 Å². The summed E-state index contributed by atoms with van der Waals surface area (Å²) in [7, 11) is 1.65. The quantitative estimate of drug-likeness (QED) is 0.779. The van der Waals surface area contributed by atoms with Crippen molar-refractivity contribution in [1.29, 1.82) is 0 Å². The molecule has 1 atom stereocenters. The molecule has 4 rings (SSSR count). The zero-order valence-corrected chi connectivity index (χ0v) is 13.8. The van der Waals surface area contributed by atoms with Gasteiger partial charge in [-0.15, -0.1) is 10.2 Å². The first kappa shape index (κ1) is 14.4. The van der Waals surface area contributed by atoms with Crippen molar-refractivity contribution in [3.63, 3.8) is 0 Å². The Morgan fingerprint density at radius 3 is 2.70 bits per heavy atom. The first-order valence-corrected chi connectivity index (χ1v) is 8.29. The van der Waals surface area contributed by atoms with Crippen LogP contribution in [0, 0.1) is 0 Å². The number of rotatable bonds is 3. The van der Waals surface area contributed by atoms with E-state index in [1.807, 2.05) is 53.2 Å². The molecule has 1 aliphatic rings. The van der Waals surface area contributed by atoms with Crippen LogP contribution in [0.2, 0.25) is 5.02 Å². The predicted molar refractivity (Wildman–Crippen MR) is 91.4 cm³/mol. The smallest absolute Gasteiger partial charge is 0.212 e. The van der Waals surface area contributed by atoms with Gasteiger partial charge in [0.1, 0.15) is 11.1 Å². The Kier molecular flexibility index (Phi) is 3.63. The van der Waals surface area contributed by atoms with Crippen LogP contribution in [0.25, 0.3) is 11.4 Å². The first-order valence-electron chi connectivity index (χ1n) is 7.04. The van der Waals surface area contributed by atoms with Crippen LogP contribution in [0.3, 0.4) is 0 Å². The van der Waals surface area contributed by atoms with Gasteiger partial charge < -0.3 is 10.2 Å². The third kappa shape index (κ3) is 2.54.